The molecule has 0 bridgehead atoms. The molecule has 0 spiro atoms. The number of rotatable bonds is 9. The number of anilines is 3. The molecule has 2 aromatic carbocycles. The molecule has 1 amide bonds. The number of amides is 1. The van der Waals surface area contributed by atoms with E-state index in [-0.39, 0.29) is 11.3 Å². The molecule has 5 N–H and O–H groups in total. The second-order valence-corrected chi connectivity index (χ2v) is 11.4. The number of carbonyl (C=O) groups is 1. The molecule has 37 heavy (non-hydrogen) atoms. The molecule has 0 unspecified atom stereocenters. The van der Waals surface area contributed by atoms with Crippen molar-refractivity contribution in [3.8, 4) is 0 Å². The van der Waals surface area contributed by atoms with Crippen LogP contribution in [0.3, 0.4) is 0 Å². The van der Waals surface area contributed by atoms with E-state index in [1.165, 1.54) is 12.1 Å². The Morgan fingerprint density at radius 1 is 1.08 bits per heavy atom. The monoisotopic (exact) mass is 649 g/mol. The van der Waals surface area contributed by atoms with Crippen molar-refractivity contribution in [3.05, 3.63) is 80.1 Å². The van der Waals surface area contributed by atoms with Crippen molar-refractivity contribution in [2.45, 2.75) is 31.7 Å². The quantitative estimate of drug-likeness (QED) is 0.201. The minimum Gasteiger partial charge on any atom is -0.366 e. The number of nitrogens with zero attached hydrogens (tertiary/aromatic N) is 1. The highest BCUT2D eigenvalue weighted by Crippen LogP contribution is 2.35. The van der Waals surface area contributed by atoms with Gasteiger partial charge in [0.2, 0.25) is 0 Å². The van der Waals surface area contributed by atoms with Gasteiger partial charge in [0.25, 0.3) is 5.91 Å². The van der Waals surface area contributed by atoms with Crippen molar-refractivity contribution in [2.75, 3.05) is 10.0 Å². The molecule has 0 radical (unpaired) electrons. The number of nitrogens with two attached hydrogens (primary N) is 1. The standard InChI is InChI=1S/C23H20F4IN5O3S/c1-23(5-6-23)33-37(35,36)32-22-18(26)11(4-7-30-22)8-12-9-14(21(29)34)20(19(27)17(12)25)31-16-3-2-13(28)10-15(16)24/h2-4,7,9-10,31,33H,5-6,8H2,1H3,(H2,29,34)(H,30,32). The van der Waals surface area contributed by atoms with E-state index in [2.05, 4.69) is 15.0 Å². The van der Waals surface area contributed by atoms with Crippen molar-refractivity contribution in [1.82, 2.24) is 9.71 Å². The first-order chi connectivity index (χ1) is 17.3. The molecule has 1 saturated carbocycles. The van der Waals surface area contributed by atoms with Crippen LogP contribution in [0, 0.1) is 26.8 Å². The van der Waals surface area contributed by atoms with E-state index in [0.29, 0.717) is 16.4 Å². The minimum atomic E-state index is -4.15. The third kappa shape index (κ3) is 6.13. The maximum Gasteiger partial charge on any atom is 0.300 e. The van der Waals surface area contributed by atoms with Gasteiger partial charge in [-0.05, 0) is 83.8 Å². The van der Waals surface area contributed by atoms with E-state index in [1.807, 2.05) is 27.3 Å². The van der Waals surface area contributed by atoms with Gasteiger partial charge in [0.1, 0.15) is 5.82 Å². The summed E-state index contributed by atoms with van der Waals surface area (Å²) in [5.74, 6) is -6.63. The SMILES string of the molecule is CC1(NS(=O)(=O)Nc2nccc(Cc3cc(C(N)=O)c(Nc4ccc(I)cc4F)c(F)c3F)c2F)CC1. The maximum absolute atomic E-state index is 15.1. The van der Waals surface area contributed by atoms with Gasteiger partial charge in [-0.1, -0.05) is 0 Å². The molecule has 1 heterocycles. The van der Waals surface area contributed by atoms with Crippen molar-refractivity contribution in [2.24, 2.45) is 5.73 Å². The number of carbonyl (C=O) groups excluding carboxylic acids is 1. The summed E-state index contributed by atoms with van der Waals surface area (Å²) in [6, 6.07) is 6.01. The lowest BCUT2D eigenvalue weighted by atomic mass is 10.00. The normalized spacial score (nSPS) is 14.3. The largest absolute Gasteiger partial charge is 0.366 e. The molecule has 196 valence electrons. The molecule has 1 aromatic heterocycles. The van der Waals surface area contributed by atoms with E-state index in [4.69, 9.17) is 5.73 Å². The third-order valence-electron chi connectivity index (χ3n) is 5.70. The minimum absolute atomic E-state index is 0.222. The van der Waals surface area contributed by atoms with Gasteiger partial charge in [-0.15, -0.1) is 0 Å². The smallest absolute Gasteiger partial charge is 0.300 e. The Bertz CT molecular complexity index is 1520. The van der Waals surface area contributed by atoms with Crippen molar-refractivity contribution < 1.29 is 30.8 Å². The van der Waals surface area contributed by atoms with Gasteiger partial charge >= 0.3 is 10.2 Å². The van der Waals surface area contributed by atoms with Gasteiger partial charge < -0.3 is 11.1 Å². The molecular weight excluding hydrogens is 629 g/mol. The van der Waals surface area contributed by atoms with Crippen LogP contribution in [0.4, 0.5) is 34.8 Å². The number of hydrogen-bond acceptors (Lipinski definition) is 5. The molecule has 4 rings (SSSR count). The summed E-state index contributed by atoms with van der Waals surface area (Å²) in [7, 11) is -4.15. The summed E-state index contributed by atoms with van der Waals surface area (Å²) in [5.41, 5.74) is 2.66. The Hall–Kier alpha value is -2.98. The zero-order chi connectivity index (χ0) is 27.1. The Balaban J connectivity index is 1.66. The molecule has 14 heteroatoms. The van der Waals surface area contributed by atoms with Crippen LogP contribution < -0.4 is 20.5 Å². The highest BCUT2D eigenvalue weighted by atomic mass is 127. The number of halogens is 5. The molecule has 3 aromatic rings. The number of hydrogen-bond donors (Lipinski definition) is 4. The van der Waals surface area contributed by atoms with Crippen LogP contribution in [0.15, 0.2) is 36.5 Å². The molecule has 1 aliphatic rings. The molecule has 0 aliphatic heterocycles. The highest BCUT2D eigenvalue weighted by molar-refractivity contribution is 14.1. The van der Waals surface area contributed by atoms with Crippen LogP contribution in [-0.4, -0.2) is 24.8 Å². The van der Waals surface area contributed by atoms with E-state index < -0.39 is 74.0 Å². The summed E-state index contributed by atoms with van der Waals surface area (Å²) in [6.07, 6.45) is 1.76. The van der Waals surface area contributed by atoms with Crippen LogP contribution in [0.25, 0.3) is 0 Å². The lowest BCUT2D eigenvalue weighted by molar-refractivity contribution is 0.100. The molecule has 1 fully saturated rings. The van der Waals surface area contributed by atoms with Gasteiger partial charge in [-0.3, -0.25) is 9.52 Å². The fourth-order valence-electron chi connectivity index (χ4n) is 3.51. The van der Waals surface area contributed by atoms with Gasteiger partial charge in [-0.2, -0.15) is 13.1 Å². The molecule has 1 aliphatic carbocycles. The van der Waals surface area contributed by atoms with Crippen LogP contribution in [0.5, 0.6) is 0 Å². The van der Waals surface area contributed by atoms with Crippen LogP contribution >= 0.6 is 22.6 Å². The lowest BCUT2D eigenvalue weighted by Crippen LogP contribution is -2.38. The molecule has 0 saturated heterocycles. The predicted octanol–water partition coefficient (Wildman–Crippen LogP) is 4.47. The number of nitrogens with one attached hydrogen (secondary N) is 3. The first-order valence-electron chi connectivity index (χ1n) is 10.8. The second kappa shape index (κ2) is 10.1. The van der Waals surface area contributed by atoms with E-state index in [9.17, 15) is 17.6 Å². The zero-order valence-electron chi connectivity index (χ0n) is 19.1. The Morgan fingerprint density at radius 3 is 2.41 bits per heavy atom. The lowest BCUT2D eigenvalue weighted by Gasteiger charge is -2.16. The van der Waals surface area contributed by atoms with Crippen LogP contribution in [0.2, 0.25) is 0 Å². The molecular formula is C23H20F4IN5O3S. The van der Waals surface area contributed by atoms with E-state index in [1.54, 1.807) is 6.92 Å². The van der Waals surface area contributed by atoms with Crippen molar-refractivity contribution in [3.63, 3.8) is 0 Å². The van der Waals surface area contributed by atoms with Crippen LogP contribution in [0.1, 0.15) is 41.3 Å². The summed E-state index contributed by atoms with van der Waals surface area (Å²) in [4.78, 5) is 15.7. The van der Waals surface area contributed by atoms with Crippen molar-refractivity contribution in [1.29, 1.82) is 0 Å². The van der Waals surface area contributed by atoms with E-state index in [0.717, 1.165) is 24.4 Å². The Labute approximate surface area is 223 Å². The summed E-state index contributed by atoms with van der Waals surface area (Å²) in [5, 5.41) is 2.36. The molecule has 0 atom stereocenters. The summed E-state index contributed by atoms with van der Waals surface area (Å²) >= 11 is 1.86. The fraction of sp³-hybridized carbons (Fsp3) is 0.217. The van der Waals surface area contributed by atoms with Crippen molar-refractivity contribution >= 4 is 55.9 Å². The highest BCUT2D eigenvalue weighted by Gasteiger charge is 2.41. The first-order valence-corrected chi connectivity index (χ1v) is 13.3. The topological polar surface area (TPSA) is 126 Å². The van der Waals surface area contributed by atoms with Gasteiger partial charge in [0.05, 0.1) is 16.9 Å². The van der Waals surface area contributed by atoms with Crippen LogP contribution in [-0.2, 0) is 16.6 Å². The zero-order valence-corrected chi connectivity index (χ0v) is 22.1. The number of primary amides is 1. The van der Waals surface area contributed by atoms with Gasteiger partial charge in [0.15, 0.2) is 23.3 Å². The molecule has 8 nitrogen and oxygen atoms in total. The number of benzene rings is 2. The maximum atomic E-state index is 15.1. The average Bonchev–Trinajstić information content (AvgIpc) is 3.52. The van der Waals surface area contributed by atoms with Gasteiger partial charge in [0, 0.05) is 21.7 Å². The van der Waals surface area contributed by atoms with E-state index >= 15 is 13.2 Å². The second-order valence-electron chi connectivity index (χ2n) is 8.78. The number of pyridine rings is 1. The fourth-order valence-corrected chi connectivity index (χ4v) is 5.27. The predicted molar refractivity (Wildman–Crippen MR) is 138 cm³/mol. The Morgan fingerprint density at radius 2 is 1.78 bits per heavy atom. The average molecular weight is 649 g/mol. The first kappa shape index (κ1) is 27.1. The summed E-state index contributed by atoms with van der Waals surface area (Å²) in [6.45, 7) is 1.69. The number of aromatic nitrogens is 1. The Kier molecular flexibility index (Phi) is 7.36. The third-order valence-corrected chi connectivity index (χ3v) is 7.59. The summed E-state index contributed by atoms with van der Waals surface area (Å²) < 4.78 is 89.0. The van der Waals surface area contributed by atoms with Gasteiger partial charge in [-0.25, -0.2) is 22.5 Å².